The van der Waals surface area contributed by atoms with Crippen molar-refractivity contribution in [3.63, 3.8) is 0 Å². The highest BCUT2D eigenvalue weighted by atomic mass is 16.6. The van der Waals surface area contributed by atoms with E-state index in [1.165, 1.54) is 25.0 Å². The van der Waals surface area contributed by atoms with Gasteiger partial charge in [0.25, 0.3) is 5.69 Å². The molecule has 0 saturated heterocycles. The van der Waals surface area contributed by atoms with Crippen LogP contribution in [-0.4, -0.2) is 15.8 Å². The molecule has 0 radical (unpaired) electrons. The first-order valence-corrected chi connectivity index (χ1v) is 6.89. The predicted molar refractivity (Wildman–Crippen MR) is 78.1 cm³/mol. The first-order chi connectivity index (χ1) is 9.67. The Balaban J connectivity index is 2.32. The summed E-state index contributed by atoms with van der Waals surface area (Å²) in [5.41, 5.74) is 1.41. The molecule has 5 nitrogen and oxygen atoms in total. The highest BCUT2D eigenvalue weighted by Gasteiger charge is 2.12. The Morgan fingerprint density at radius 1 is 1.30 bits per heavy atom. The van der Waals surface area contributed by atoms with Crippen molar-refractivity contribution < 1.29 is 9.72 Å². The number of nitrogens with zero attached hydrogens (tertiary/aromatic N) is 2. The molecule has 20 heavy (non-hydrogen) atoms. The summed E-state index contributed by atoms with van der Waals surface area (Å²) >= 11 is 0. The smallest absolute Gasteiger partial charge is 0.270 e. The van der Waals surface area contributed by atoms with Gasteiger partial charge < -0.3 is 4.57 Å². The molecular formula is C15H18N2O3. The third kappa shape index (κ3) is 2.87. The lowest BCUT2D eigenvalue weighted by Gasteiger charge is -2.04. The lowest BCUT2D eigenvalue weighted by atomic mass is 10.1. The summed E-state index contributed by atoms with van der Waals surface area (Å²) in [7, 11) is 0. The molecule has 106 valence electrons. The molecule has 1 heterocycles. The number of carbonyl (C=O) groups excluding carboxylic acids is 1. The molecule has 0 amide bonds. The van der Waals surface area contributed by atoms with Crippen LogP contribution in [0.25, 0.3) is 10.9 Å². The van der Waals surface area contributed by atoms with Gasteiger partial charge in [-0.25, -0.2) is 0 Å². The molecule has 5 heteroatoms. The zero-order valence-corrected chi connectivity index (χ0v) is 11.5. The molecule has 0 spiro atoms. The van der Waals surface area contributed by atoms with Gasteiger partial charge in [0.2, 0.25) is 0 Å². The van der Waals surface area contributed by atoms with Crippen LogP contribution >= 0.6 is 0 Å². The predicted octanol–water partition coefficient (Wildman–Crippen LogP) is 3.94. The molecule has 0 atom stereocenters. The monoisotopic (exact) mass is 274 g/mol. The summed E-state index contributed by atoms with van der Waals surface area (Å²) in [5, 5.41) is 11.5. The standard InChI is InChI=1S/C15H18N2O3/c1-2-3-4-5-8-16-10-12(11-18)14-9-13(17(19)20)6-7-15(14)16/h6-7,9-11H,2-5,8H2,1H3. The van der Waals surface area contributed by atoms with E-state index < -0.39 is 4.92 Å². The fourth-order valence-corrected chi connectivity index (χ4v) is 2.41. The summed E-state index contributed by atoms with van der Waals surface area (Å²) in [5.74, 6) is 0. The number of carbonyl (C=O) groups is 1. The van der Waals surface area contributed by atoms with Crippen molar-refractivity contribution in [1.82, 2.24) is 4.57 Å². The summed E-state index contributed by atoms with van der Waals surface area (Å²) in [4.78, 5) is 21.5. The molecule has 0 aliphatic carbocycles. The molecule has 1 aromatic carbocycles. The highest BCUT2D eigenvalue weighted by Crippen LogP contribution is 2.25. The Kier molecular flexibility index (Phi) is 4.50. The van der Waals surface area contributed by atoms with E-state index in [2.05, 4.69) is 6.92 Å². The van der Waals surface area contributed by atoms with E-state index in [1.807, 2.05) is 4.57 Å². The number of hydrogen-bond donors (Lipinski definition) is 0. The lowest BCUT2D eigenvalue weighted by Crippen LogP contribution is -1.96. The normalized spacial score (nSPS) is 10.8. The average molecular weight is 274 g/mol. The molecule has 0 saturated carbocycles. The third-order valence-corrected chi connectivity index (χ3v) is 3.49. The second-order valence-corrected chi connectivity index (χ2v) is 4.91. The summed E-state index contributed by atoms with van der Waals surface area (Å²) < 4.78 is 2.01. The zero-order valence-electron chi connectivity index (χ0n) is 11.5. The molecule has 0 aliphatic rings. The lowest BCUT2D eigenvalue weighted by molar-refractivity contribution is -0.384. The van der Waals surface area contributed by atoms with Gasteiger partial charge in [0.05, 0.1) is 4.92 Å². The van der Waals surface area contributed by atoms with E-state index in [9.17, 15) is 14.9 Å². The minimum atomic E-state index is -0.438. The number of aryl methyl sites for hydroxylation is 1. The molecular weight excluding hydrogens is 256 g/mol. The number of rotatable bonds is 7. The molecule has 1 aromatic heterocycles. The number of nitro groups is 1. The Labute approximate surface area is 117 Å². The Morgan fingerprint density at radius 3 is 2.75 bits per heavy atom. The quantitative estimate of drug-likeness (QED) is 0.332. The topological polar surface area (TPSA) is 65.1 Å². The molecule has 0 unspecified atom stereocenters. The van der Waals surface area contributed by atoms with E-state index in [1.54, 1.807) is 12.3 Å². The molecule has 2 rings (SSSR count). The highest BCUT2D eigenvalue weighted by molar-refractivity contribution is 5.98. The second-order valence-electron chi connectivity index (χ2n) is 4.91. The number of aromatic nitrogens is 1. The number of hydrogen-bond acceptors (Lipinski definition) is 3. The summed E-state index contributed by atoms with van der Waals surface area (Å²) in [6.07, 6.45) is 7.12. The van der Waals surface area contributed by atoms with E-state index in [4.69, 9.17) is 0 Å². The molecule has 2 aromatic rings. The van der Waals surface area contributed by atoms with Gasteiger partial charge in [0.1, 0.15) is 0 Å². The van der Waals surface area contributed by atoms with Crippen molar-refractivity contribution in [2.75, 3.05) is 0 Å². The van der Waals surface area contributed by atoms with Gasteiger partial charge in [0.15, 0.2) is 6.29 Å². The maximum Gasteiger partial charge on any atom is 0.270 e. The average Bonchev–Trinajstić information content (AvgIpc) is 2.81. The fraction of sp³-hybridized carbons (Fsp3) is 0.400. The zero-order chi connectivity index (χ0) is 14.5. The van der Waals surface area contributed by atoms with Crippen molar-refractivity contribution in [3.05, 3.63) is 40.1 Å². The van der Waals surface area contributed by atoms with Gasteiger partial charge in [-0.15, -0.1) is 0 Å². The van der Waals surface area contributed by atoms with Crippen LogP contribution in [0.3, 0.4) is 0 Å². The van der Waals surface area contributed by atoms with Crippen molar-refractivity contribution in [1.29, 1.82) is 0 Å². The maximum absolute atomic E-state index is 11.1. The van der Waals surface area contributed by atoms with Crippen molar-refractivity contribution in [2.45, 2.75) is 39.2 Å². The Bertz CT molecular complexity index is 631. The second kappa shape index (κ2) is 6.32. The van der Waals surface area contributed by atoms with Crippen molar-refractivity contribution in [2.24, 2.45) is 0 Å². The van der Waals surface area contributed by atoms with E-state index in [-0.39, 0.29) is 5.69 Å². The largest absolute Gasteiger partial charge is 0.347 e. The minimum absolute atomic E-state index is 0.0179. The number of unbranched alkanes of at least 4 members (excludes halogenated alkanes) is 3. The van der Waals surface area contributed by atoms with Gasteiger partial charge in [-0.1, -0.05) is 26.2 Å². The molecule has 0 aliphatic heterocycles. The number of non-ortho nitro benzene ring substituents is 1. The van der Waals surface area contributed by atoms with Gasteiger partial charge in [-0.2, -0.15) is 0 Å². The van der Waals surface area contributed by atoms with E-state index in [0.717, 1.165) is 31.2 Å². The van der Waals surface area contributed by atoms with Gasteiger partial charge in [0, 0.05) is 41.3 Å². The van der Waals surface area contributed by atoms with Crippen molar-refractivity contribution in [3.8, 4) is 0 Å². The van der Waals surface area contributed by atoms with Crippen LogP contribution in [0, 0.1) is 10.1 Å². The number of aldehydes is 1. The van der Waals surface area contributed by atoms with Gasteiger partial charge in [-0.3, -0.25) is 14.9 Å². The summed E-state index contributed by atoms with van der Waals surface area (Å²) in [6, 6.07) is 4.68. The SMILES string of the molecule is CCCCCCn1cc(C=O)c2cc([N+](=O)[O-])ccc21. The van der Waals surface area contributed by atoms with Crippen LogP contribution in [0.1, 0.15) is 43.0 Å². The van der Waals surface area contributed by atoms with Crippen LogP contribution in [0.4, 0.5) is 5.69 Å². The number of benzene rings is 1. The first-order valence-electron chi connectivity index (χ1n) is 6.89. The number of fused-ring (bicyclic) bond motifs is 1. The first kappa shape index (κ1) is 14.2. The third-order valence-electron chi connectivity index (χ3n) is 3.49. The van der Waals surface area contributed by atoms with Crippen molar-refractivity contribution >= 4 is 22.9 Å². The number of nitro benzene ring substituents is 1. The molecule has 0 bridgehead atoms. The van der Waals surface area contributed by atoms with Crippen LogP contribution in [0.2, 0.25) is 0 Å². The maximum atomic E-state index is 11.1. The minimum Gasteiger partial charge on any atom is -0.347 e. The fourth-order valence-electron chi connectivity index (χ4n) is 2.41. The Morgan fingerprint density at radius 2 is 2.10 bits per heavy atom. The molecule has 0 fully saturated rings. The van der Waals surface area contributed by atoms with E-state index >= 15 is 0 Å². The van der Waals surface area contributed by atoms with Crippen LogP contribution in [0.5, 0.6) is 0 Å². The van der Waals surface area contributed by atoms with Gasteiger partial charge in [-0.05, 0) is 12.5 Å². The van der Waals surface area contributed by atoms with Crippen LogP contribution < -0.4 is 0 Å². The Hall–Kier alpha value is -2.17. The molecule has 0 N–H and O–H groups in total. The summed E-state index contributed by atoms with van der Waals surface area (Å²) in [6.45, 7) is 3.00. The van der Waals surface area contributed by atoms with Crippen LogP contribution in [-0.2, 0) is 6.54 Å². The van der Waals surface area contributed by atoms with Gasteiger partial charge >= 0.3 is 0 Å². The van der Waals surface area contributed by atoms with Crippen LogP contribution in [0.15, 0.2) is 24.4 Å². The van der Waals surface area contributed by atoms with E-state index in [0.29, 0.717) is 10.9 Å².